The van der Waals surface area contributed by atoms with Gasteiger partial charge in [0.15, 0.2) is 0 Å². The van der Waals surface area contributed by atoms with Gasteiger partial charge in [-0.25, -0.2) is 0 Å². The molecular formula is C17H28N2S2. The van der Waals surface area contributed by atoms with Gasteiger partial charge in [-0.15, -0.1) is 0 Å². The fourth-order valence-corrected chi connectivity index (χ4v) is 4.41. The van der Waals surface area contributed by atoms with Crippen LogP contribution in [0, 0.1) is 0 Å². The van der Waals surface area contributed by atoms with Gasteiger partial charge in [0.05, 0.1) is 0 Å². The Morgan fingerprint density at radius 2 is 1.76 bits per heavy atom. The molecule has 0 aromatic heterocycles. The molecule has 118 valence electrons. The van der Waals surface area contributed by atoms with Crippen LogP contribution in [-0.4, -0.2) is 62.1 Å². The molecule has 2 nitrogen and oxygen atoms in total. The third kappa shape index (κ3) is 5.11. The van der Waals surface area contributed by atoms with E-state index in [-0.39, 0.29) is 0 Å². The highest BCUT2D eigenvalue weighted by Gasteiger charge is 2.39. The maximum absolute atomic E-state index is 2.37. The predicted molar refractivity (Wildman–Crippen MR) is 100 cm³/mol. The highest BCUT2D eigenvalue weighted by Crippen LogP contribution is 2.43. The number of rotatable bonds is 9. The summed E-state index contributed by atoms with van der Waals surface area (Å²) in [7, 11) is 6.56. The normalized spacial score (nSPS) is 20.8. The van der Waals surface area contributed by atoms with Crippen LogP contribution >= 0.6 is 23.5 Å². The summed E-state index contributed by atoms with van der Waals surface area (Å²) < 4.78 is 0. The molecule has 1 aliphatic rings. The molecule has 1 fully saturated rings. The van der Waals surface area contributed by atoms with Crippen molar-refractivity contribution >= 4 is 29.2 Å². The summed E-state index contributed by atoms with van der Waals surface area (Å²) in [6.07, 6.45) is 3.49. The Bertz CT molecular complexity index is 419. The first-order valence-electron chi connectivity index (χ1n) is 7.67. The first-order valence-corrected chi connectivity index (χ1v) is 10.2. The Morgan fingerprint density at radius 1 is 1.05 bits per heavy atom. The third-order valence-corrected chi connectivity index (χ3v) is 6.02. The zero-order valence-electron chi connectivity index (χ0n) is 13.7. The molecule has 1 aliphatic carbocycles. The molecule has 0 aliphatic heterocycles. The Kier molecular flexibility index (Phi) is 6.77. The second-order valence-corrected chi connectivity index (χ2v) is 8.20. The Hall–Kier alpha value is -0.320. The maximum atomic E-state index is 2.37. The van der Waals surface area contributed by atoms with Crippen molar-refractivity contribution in [1.29, 1.82) is 0 Å². The highest BCUT2D eigenvalue weighted by molar-refractivity contribution is 8.02. The van der Waals surface area contributed by atoms with E-state index in [2.05, 4.69) is 73.2 Å². The smallest absolute Gasteiger partial charge is 0.0364 e. The molecule has 1 aromatic rings. The average Bonchev–Trinajstić information content (AvgIpc) is 3.28. The van der Waals surface area contributed by atoms with Crippen molar-refractivity contribution < 1.29 is 0 Å². The molecule has 21 heavy (non-hydrogen) atoms. The molecule has 2 rings (SSSR count). The molecular weight excluding hydrogens is 296 g/mol. The standard InChI is InChI=1S/C17H28N2S2/c1-18(2)17-13-16(17)14-5-7-15(8-6-14)19(3)9-10-21-12-11-20-4/h5-8,16-17H,9-13H2,1-4H3. The zero-order chi connectivity index (χ0) is 15.2. The number of anilines is 1. The number of benzene rings is 1. The van der Waals surface area contributed by atoms with Crippen molar-refractivity contribution in [3.05, 3.63) is 29.8 Å². The second kappa shape index (κ2) is 8.35. The lowest BCUT2D eigenvalue weighted by Crippen LogP contribution is -2.20. The van der Waals surface area contributed by atoms with Gasteiger partial charge in [-0.05, 0) is 44.5 Å². The first kappa shape index (κ1) is 17.0. The monoisotopic (exact) mass is 324 g/mol. The average molecular weight is 325 g/mol. The Labute approximate surface area is 138 Å². The van der Waals surface area contributed by atoms with E-state index in [1.807, 2.05) is 11.8 Å². The van der Waals surface area contributed by atoms with Crippen LogP contribution in [0.15, 0.2) is 24.3 Å². The van der Waals surface area contributed by atoms with Gasteiger partial charge in [0, 0.05) is 48.5 Å². The summed E-state index contributed by atoms with van der Waals surface area (Å²) >= 11 is 3.99. The summed E-state index contributed by atoms with van der Waals surface area (Å²) in [6.45, 7) is 1.13. The SMILES string of the molecule is CSCCSCCN(C)c1ccc(C2CC2N(C)C)cc1. The molecule has 2 atom stereocenters. The van der Waals surface area contributed by atoms with E-state index in [9.17, 15) is 0 Å². The van der Waals surface area contributed by atoms with Gasteiger partial charge in [0.25, 0.3) is 0 Å². The van der Waals surface area contributed by atoms with Gasteiger partial charge < -0.3 is 9.80 Å². The van der Waals surface area contributed by atoms with Crippen LogP contribution in [0.1, 0.15) is 17.9 Å². The largest absolute Gasteiger partial charge is 0.374 e. The zero-order valence-corrected chi connectivity index (χ0v) is 15.3. The Balaban J connectivity index is 1.76. The molecule has 0 N–H and O–H groups in total. The molecule has 0 heterocycles. The van der Waals surface area contributed by atoms with E-state index >= 15 is 0 Å². The van der Waals surface area contributed by atoms with Crippen molar-refractivity contribution in [3.8, 4) is 0 Å². The van der Waals surface area contributed by atoms with Crippen LogP contribution in [0.3, 0.4) is 0 Å². The predicted octanol–water partition coefficient (Wildman–Crippen LogP) is 3.64. The summed E-state index contributed by atoms with van der Waals surface area (Å²) in [6, 6.07) is 9.96. The van der Waals surface area contributed by atoms with E-state index < -0.39 is 0 Å². The lowest BCUT2D eigenvalue weighted by Gasteiger charge is -2.19. The van der Waals surface area contributed by atoms with E-state index in [4.69, 9.17) is 0 Å². The van der Waals surface area contributed by atoms with E-state index in [0.29, 0.717) is 0 Å². The molecule has 2 unspecified atom stereocenters. The fourth-order valence-electron chi connectivity index (χ4n) is 2.66. The summed E-state index contributed by atoms with van der Waals surface area (Å²) in [5, 5.41) is 0. The van der Waals surface area contributed by atoms with Crippen molar-refractivity contribution in [2.75, 3.05) is 56.1 Å². The molecule has 0 amide bonds. The minimum absolute atomic E-state index is 0.751. The third-order valence-electron chi connectivity index (χ3n) is 4.18. The van der Waals surface area contributed by atoms with Crippen LogP contribution in [0.4, 0.5) is 5.69 Å². The minimum atomic E-state index is 0.751. The molecule has 0 spiro atoms. The van der Waals surface area contributed by atoms with Crippen LogP contribution in [-0.2, 0) is 0 Å². The molecule has 4 heteroatoms. The van der Waals surface area contributed by atoms with Crippen LogP contribution in [0.2, 0.25) is 0 Å². The fraction of sp³-hybridized carbons (Fsp3) is 0.647. The number of hydrogen-bond acceptors (Lipinski definition) is 4. The van der Waals surface area contributed by atoms with Gasteiger partial charge in [-0.2, -0.15) is 23.5 Å². The van der Waals surface area contributed by atoms with Crippen molar-refractivity contribution in [2.45, 2.75) is 18.4 Å². The van der Waals surface area contributed by atoms with Gasteiger partial charge in [-0.3, -0.25) is 0 Å². The summed E-state index contributed by atoms with van der Waals surface area (Å²) in [5.74, 6) is 4.49. The number of likely N-dealkylation sites (N-methyl/N-ethyl adjacent to an activating group) is 1. The number of thioether (sulfide) groups is 2. The summed E-state index contributed by atoms with van der Waals surface area (Å²) in [5.41, 5.74) is 2.84. The van der Waals surface area contributed by atoms with Crippen molar-refractivity contribution in [1.82, 2.24) is 4.90 Å². The lowest BCUT2D eigenvalue weighted by atomic mass is 10.1. The molecule has 1 aromatic carbocycles. The van der Waals surface area contributed by atoms with Crippen molar-refractivity contribution in [3.63, 3.8) is 0 Å². The highest BCUT2D eigenvalue weighted by atomic mass is 32.2. The van der Waals surface area contributed by atoms with E-state index in [0.717, 1.165) is 18.5 Å². The second-order valence-electron chi connectivity index (χ2n) is 5.99. The number of nitrogens with zero attached hydrogens (tertiary/aromatic N) is 2. The van der Waals surface area contributed by atoms with E-state index in [1.165, 1.54) is 34.9 Å². The molecule has 0 radical (unpaired) electrons. The van der Waals surface area contributed by atoms with Crippen molar-refractivity contribution in [2.24, 2.45) is 0 Å². The van der Waals surface area contributed by atoms with Gasteiger partial charge in [0.1, 0.15) is 0 Å². The topological polar surface area (TPSA) is 6.48 Å². The Morgan fingerprint density at radius 3 is 2.33 bits per heavy atom. The van der Waals surface area contributed by atoms with Crippen LogP contribution < -0.4 is 4.90 Å². The lowest BCUT2D eigenvalue weighted by molar-refractivity contribution is 0.391. The quantitative estimate of drug-likeness (QED) is 0.640. The first-order chi connectivity index (χ1) is 10.1. The van der Waals surface area contributed by atoms with E-state index in [1.54, 1.807) is 0 Å². The number of hydrogen-bond donors (Lipinski definition) is 0. The van der Waals surface area contributed by atoms with Gasteiger partial charge in [-0.1, -0.05) is 12.1 Å². The van der Waals surface area contributed by atoms with Crippen LogP contribution in [0.25, 0.3) is 0 Å². The minimum Gasteiger partial charge on any atom is -0.374 e. The van der Waals surface area contributed by atoms with Crippen LogP contribution in [0.5, 0.6) is 0 Å². The molecule has 0 saturated heterocycles. The summed E-state index contributed by atoms with van der Waals surface area (Å²) in [4.78, 5) is 4.71. The van der Waals surface area contributed by atoms with Gasteiger partial charge >= 0.3 is 0 Å². The van der Waals surface area contributed by atoms with Gasteiger partial charge in [0.2, 0.25) is 0 Å². The molecule has 1 saturated carbocycles. The molecule has 0 bridgehead atoms. The maximum Gasteiger partial charge on any atom is 0.0364 e.